The smallest absolute Gasteiger partial charge is 0.254 e. The molecule has 1 aliphatic carbocycles. The molecule has 144 valence electrons. The number of H-pyrrole nitrogens is 1. The Balaban J connectivity index is 1.64. The van der Waals surface area contributed by atoms with Gasteiger partial charge in [-0.2, -0.15) is 0 Å². The van der Waals surface area contributed by atoms with Crippen LogP contribution in [0, 0.1) is 0 Å². The fourth-order valence-electron chi connectivity index (χ4n) is 4.02. The summed E-state index contributed by atoms with van der Waals surface area (Å²) < 4.78 is 0. The third-order valence-electron chi connectivity index (χ3n) is 5.48. The zero-order valence-corrected chi connectivity index (χ0v) is 15.9. The Bertz CT molecular complexity index is 1010. The van der Waals surface area contributed by atoms with Gasteiger partial charge in [-0.25, -0.2) is 0 Å². The van der Waals surface area contributed by atoms with Gasteiger partial charge in [0.1, 0.15) is 0 Å². The van der Waals surface area contributed by atoms with Crippen molar-refractivity contribution in [2.24, 2.45) is 5.73 Å². The van der Waals surface area contributed by atoms with E-state index in [9.17, 15) is 9.59 Å². The first-order valence-electron chi connectivity index (χ1n) is 9.87. The summed E-state index contributed by atoms with van der Waals surface area (Å²) in [5, 5.41) is 1.15. The van der Waals surface area contributed by atoms with Crippen molar-refractivity contribution in [1.82, 2.24) is 9.88 Å². The number of rotatable bonds is 6. The highest BCUT2D eigenvalue weighted by Gasteiger charge is 2.20. The molecule has 0 saturated heterocycles. The number of amides is 2. The number of nitrogens with one attached hydrogen (secondary N) is 1. The topological polar surface area (TPSA) is 79.2 Å². The van der Waals surface area contributed by atoms with Crippen molar-refractivity contribution in [2.45, 2.75) is 38.6 Å². The van der Waals surface area contributed by atoms with Crippen LogP contribution in [0.4, 0.5) is 0 Å². The van der Waals surface area contributed by atoms with Gasteiger partial charge in [-0.15, -0.1) is 0 Å². The van der Waals surface area contributed by atoms with Gasteiger partial charge in [0.05, 0.1) is 0 Å². The molecule has 1 aromatic heterocycles. The number of aryl methyl sites for hydroxylation is 2. The Morgan fingerprint density at radius 2 is 1.82 bits per heavy atom. The molecule has 1 aliphatic rings. The van der Waals surface area contributed by atoms with Crippen LogP contribution in [0.15, 0.2) is 48.5 Å². The minimum Gasteiger partial charge on any atom is -0.370 e. The molecule has 28 heavy (non-hydrogen) atoms. The molecule has 0 radical (unpaired) electrons. The second-order valence-electron chi connectivity index (χ2n) is 7.48. The molecule has 5 heteroatoms. The Morgan fingerprint density at radius 1 is 1.04 bits per heavy atom. The molecular weight excluding hydrogens is 350 g/mol. The summed E-state index contributed by atoms with van der Waals surface area (Å²) in [5.74, 6) is -0.473. The molecule has 0 atom stereocenters. The van der Waals surface area contributed by atoms with Crippen molar-refractivity contribution in [3.8, 4) is 0 Å². The minimum absolute atomic E-state index is 0.0715. The lowest BCUT2D eigenvalue weighted by atomic mass is 9.95. The lowest BCUT2D eigenvalue weighted by Gasteiger charge is -2.22. The number of hydrogen-bond donors (Lipinski definition) is 2. The van der Waals surface area contributed by atoms with Crippen LogP contribution in [0.25, 0.3) is 10.9 Å². The van der Waals surface area contributed by atoms with E-state index < -0.39 is 5.91 Å². The van der Waals surface area contributed by atoms with E-state index in [1.165, 1.54) is 24.1 Å². The molecular formula is C23H25N3O2. The quantitative estimate of drug-likeness (QED) is 0.691. The zero-order valence-electron chi connectivity index (χ0n) is 15.9. The highest BCUT2D eigenvalue weighted by molar-refractivity contribution is 5.99. The number of aromatic amines is 1. The monoisotopic (exact) mass is 375 g/mol. The molecule has 0 unspecified atom stereocenters. The van der Waals surface area contributed by atoms with E-state index in [-0.39, 0.29) is 12.3 Å². The summed E-state index contributed by atoms with van der Waals surface area (Å²) in [4.78, 5) is 29.8. The van der Waals surface area contributed by atoms with Crippen LogP contribution < -0.4 is 5.73 Å². The fraction of sp³-hybridized carbons (Fsp3) is 0.304. The van der Waals surface area contributed by atoms with Crippen LogP contribution in [-0.4, -0.2) is 28.2 Å². The van der Waals surface area contributed by atoms with Crippen molar-refractivity contribution in [2.75, 3.05) is 6.54 Å². The standard InChI is InChI=1S/C23H25N3O2/c24-22(27)12-13-26(15-16-6-2-1-3-7-16)23(28)17-10-11-21-19(14-17)18-8-4-5-9-20(18)25-21/h1-3,6-7,10-11,14,25H,4-5,8-9,12-13,15H2,(H2,24,27). The molecule has 0 aliphatic heterocycles. The van der Waals surface area contributed by atoms with Crippen LogP contribution in [0.5, 0.6) is 0 Å². The number of nitrogens with zero attached hydrogens (tertiary/aromatic N) is 1. The zero-order chi connectivity index (χ0) is 19.5. The van der Waals surface area contributed by atoms with Crippen molar-refractivity contribution < 1.29 is 9.59 Å². The molecule has 4 rings (SSSR count). The first-order chi connectivity index (χ1) is 13.6. The van der Waals surface area contributed by atoms with E-state index >= 15 is 0 Å². The predicted molar refractivity (Wildman–Crippen MR) is 110 cm³/mol. The molecule has 3 aromatic rings. The number of aromatic nitrogens is 1. The van der Waals surface area contributed by atoms with Crippen LogP contribution in [0.2, 0.25) is 0 Å². The largest absolute Gasteiger partial charge is 0.370 e. The van der Waals surface area contributed by atoms with Gasteiger partial charge >= 0.3 is 0 Å². The number of nitrogens with two attached hydrogens (primary N) is 1. The van der Waals surface area contributed by atoms with Gasteiger partial charge < -0.3 is 15.6 Å². The lowest BCUT2D eigenvalue weighted by Crippen LogP contribution is -2.33. The maximum absolute atomic E-state index is 13.3. The number of fused-ring (bicyclic) bond motifs is 3. The Labute approximate surface area is 164 Å². The predicted octanol–water partition coefficient (Wildman–Crippen LogP) is 3.56. The molecule has 0 bridgehead atoms. The van der Waals surface area contributed by atoms with Crippen LogP contribution in [0.1, 0.15) is 46.4 Å². The van der Waals surface area contributed by atoms with Gasteiger partial charge in [0.25, 0.3) is 5.91 Å². The average molecular weight is 375 g/mol. The average Bonchev–Trinajstić information content (AvgIpc) is 3.09. The van der Waals surface area contributed by atoms with Gasteiger partial charge in [-0.1, -0.05) is 30.3 Å². The van der Waals surface area contributed by atoms with E-state index in [0.717, 1.165) is 29.3 Å². The molecule has 3 N–H and O–H groups in total. The molecule has 1 heterocycles. The van der Waals surface area contributed by atoms with Gasteiger partial charge in [-0.05, 0) is 55.0 Å². The first-order valence-corrected chi connectivity index (χ1v) is 9.87. The van der Waals surface area contributed by atoms with Gasteiger partial charge in [0.2, 0.25) is 5.91 Å². The van der Waals surface area contributed by atoms with E-state index in [0.29, 0.717) is 18.7 Å². The first kappa shape index (κ1) is 18.3. The molecule has 2 amide bonds. The summed E-state index contributed by atoms with van der Waals surface area (Å²) in [6, 6.07) is 15.7. The number of carbonyl (C=O) groups excluding carboxylic acids is 2. The summed E-state index contributed by atoms with van der Waals surface area (Å²) in [6.07, 6.45) is 4.69. The Hall–Kier alpha value is -3.08. The third kappa shape index (κ3) is 3.79. The number of benzene rings is 2. The maximum atomic E-state index is 13.3. The van der Waals surface area contributed by atoms with Crippen LogP contribution in [0.3, 0.4) is 0 Å². The van der Waals surface area contributed by atoms with Crippen LogP contribution >= 0.6 is 0 Å². The highest BCUT2D eigenvalue weighted by atomic mass is 16.2. The lowest BCUT2D eigenvalue weighted by molar-refractivity contribution is -0.118. The van der Waals surface area contributed by atoms with Crippen molar-refractivity contribution >= 4 is 22.7 Å². The Morgan fingerprint density at radius 3 is 2.61 bits per heavy atom. The second-order valence-corrected chi connectivity index (χ2v) is 7.48. The van der Waals surface area contributed by atoms with E-state index in [4.69, 9.17) is 5.73 Å². The molecule has 0 spiro atoms. The summed E-state index contributed by atoms with van der Waals surface area (Å²) in [7, 11) is 0. The fourth-order valence-corrected chi connectivity index (χ4v) is 4.02. The molecule has 0 saturated carbocycles. The second kappa shape index (κ2) is 7.89. The van der Waals surface area contributed by atoms with E-state index in [2.05, 4.69) is 4.98 Å². The molecule has 2 aromatic carbocycles. The van der Waals surface area contributed by atoms with Crippen molar-refractivity contribution in [3.05, 3.63) is 70.9 Å². The van der Waals surface area contributed by atoms with E-state index in [1.807, 2.05) is 48.5 Å². The van der Waals surface area contributed by atoms with Crippen molar-refractivity contribution in [3.63, 3.8) is 0 Å². The van der Waals surface area contributed by atoms with Crippen LogP contribution in [-0.2, 0) is 24.2 Å². The summed E-state index contributed by atoms with van der Waals surface area (Å²) in [6.45, 7) is 0.766. The van der Waals surface area contributed by atoms with Gasteiger partial charge in [0, 0.05) is 41.7 Å². The number of primary amides is 1. The normalized spacial score (nSPS) is 13.3. The Kier molecular flexibility index (Phi) is 5.15. The third-order valence-corrected chi connectivity index (χ3v) is 5.48. The summed E-state index contributed by atoms with van der Waals surface area (Å²) in [5.41, 5.74) is 10.8. The van der Waals surface area contributed by atoms with Crippen molar-refractivity contribution in [1.29, 1.82) is 0 Å². The maximum Gasteiger partial charge on any atom is 0.254 e. The highest BCUT2D eigenvalue weighted by Crippen LogP contribution is 2.30. The van der Waals surface area contributed by atoms with Gasteiger partial charge in [0.15, 0.2) is 0 Å². The molecule has 5 nitrogen and oxygen atoms in total. The van der Waals surface area contributed by atoms with E-state index in [1.54, 1.807) is 4.90 Å². The SMILES string of the molecule is NC(=O)CCN(Cc1ccccc1)C(=O)c1ccc2[nH]c3c(c2c1)CCCC3. The van der Waals surface area contributed by atoms with Gasteiger partial charge in [-0.3, -0.25) is 9.59 Å². The number of carbonyl (C=O) groups is 2. The molecule has 0 fully saturated rings. The minimum atomic E-state index is -0.402. The summed E-state index contributed by atoms with van der Waals surface area (Å²) >= 11 is 0. The number of hydrogen-bond acceptors (Lipinski definition) is 2.